The molecule has 1 aromatic heterocycles. The molecule has 1 N–H and O–H groups in total. The quantitative estimate of drug-likeness (QED) is 0.599. The molecule has 6 nitrogen and oxygen atoms in total. The van der Waals surface area contributed by atoms with E-state index in [1.165, 1.54) is 0 Å². The zero-order valence-electron chi connectivity index (χ0n) is 14.4. The largest absolute Gasteiger partial charge is 0.478 e. The van der Waals surface area contributed by atoms with Crippen molar-refractivity contribution in [2.45, 2.75) is 40.2 Å². The first-order valence-corrected chi connectivity index (χ1v) is 8.19. The van der Waals surface area contributed by atoms with Crippen LogP contribution < -0.4 is 10.1 Å². The molecule has 0 saturated heterocycles. The van der Waals surface area contributed by atoms with Crippen LogP contribution in [0.3, 0.4) is 0 Å². The first kappa shape index (κ1) is 18.6. The second-order valence-corrected chi connectivity index (χ2v) is 5.10. The molecule has 6 heteroatoms. The predicted octanol–water partition coefficient (Wildman–Crippen LogP) is 2.56. The van der Waals surface area contributed by atoms with Crippen LogP contribution in [0, 0.1) is 0 Å². The maximum Gasteiger partial charge on any atom is 0.218 e. The molecular formula is C16H30N4O2. The van der Waals surface area contributed by atoms with Crippen molar-refractivity contribution in [3.63, 3.8) is 0 Å². The maximum atomic E-state index is 5.61. The summed E-state index contributed by atoms with van der Waals surface area (Å²) in [4.78, 5) is 11.2. The number of hydrogen-bond acceptors (Lipinski definition) is 6. The van der Waals surface area contributed by atoms with E-state index in [2.05, 4.69) is 41.0 Å². The smallest absolute Gasteiger partial charge is 0.218 e. The summed E-state index contributed by atoms with van der Waals surface area (Å²) in [5.74, 6) is 2.05. The van der Waals surface area contributed by atoms with Crippen LogP contribution in [0.4, 0.5) is 5.82 Å². The lowest BCUT2D eigenvalue weighted by Gasteiger charge is -2.18. The monoisotopic (exact) mass is 310 g/mol. The number of ether oxygens (including phenoxy) is 2. The van der Waals surface area contributed by atoms with E-state index in [4.69, 9.17) is 9.47 Å². The van der Waals surface area contributed by atoms with Crippen molar-refractivity contribution in [3.8, 4) is 5.88 Å². The Morgan fingerprint density at radius 3 is 2.59 bits per heavy atom. The van der Waals surface area contributed by atoms with Crippen LogP contribution in [0.2, 0.25) is 0 Å². The molecule has 22 heavy (non-hydrogen) atoms. The van der Waals surface area contributed by atoms with E-state index in [0.29, 0.717) is 24.9 Å². The van der Waals surface area contributed by atoms with Gasteiger partial charge < -0.3 is 19.7 Å². The summed E-state index contributed by atoms with van der Waals surface area (Å²) in [6, 6.07) is 1.85. The highest BCUT2D eigenvalue weighted by Gasteiger charge is 2.06. The Labute approximate surface area is 134 Å². The van der Waals surface area contributed by atoms with Crippen LogP contribution in [-0.2, 0) is 11.3 Å². The Hall–Kier alpha value is -1.40. The zero-order chi connectivity index (χ0) is 16.2. The number of methoxy groups -OCH3 is 1. The molecular weight excluding hydrogens is 280 g/mol. The average Bonchev–Trinajstić information content (AvgIpc) is 2.53. The second-order valence-electron chi connectivity index (χ2n) is 5.10. The van der Waals surface area contributed by atoms with Gasteiger partial charge in [-0.25, -0.2) is 4.98 Å². The van der Waals surface area contributed by atoms with Crippen molar-refractivity contribution < 1.29 is 9.47 Å². The molecule has 0 unspecified atom stereocenters. The van der Waals surface area contributed by atoms with E-state index in [0.717, 1.165) is 44.8 Å². The zero-order valence-corrected chi connectivity index (χ0v) is 14.4. The average molecular weight is 310 g/mol. The molecule has 0 amide bonds. The van der Waals surface area contributed by atoms with Gasteiger partial charge in [0.15, 0.2) is 5.82 Å². The van der Waals surface area contributed by atoms with Crippen LogP contribution >= 0.6 is 0 Å². The van der Waals surface area contributed by atoms with Gasteiger partial charge in [0.1, 0.15) is 12.4 Å². The normalized spacial score (nSPS) is 11.0. The van der Waals surface area contributed by atoms with Crippen molar-refractivity contribution >= 4 is 5.82 Å². The van der Waals surface area contributed by atoms with Crippen LogP contribution in [0.15, 0.2) is 6.07 Å². The van der Waals surface area contributed by atoms with Crippen molar-refractivity contribution in [1.82, 2.24) is 14.9 Å². The molecule has 0 bridgehead atoms. The highest BCUT2D eigenvalue weighted by molar-refractivity contribution is 5.38. The predicted molar refractivity (Wildman–Crippen MR) is 89.4 cm³/mol. The molecule has 0 aliphatic carbocycles. The molecule has 1 aromatic rings. The standard InChI is InChI=1S/C16H30N4O2/c1-5-11-22-16-12-14(18-15(19-16)13-21-4)17-9-8-10-20(6-2)7-3/h12H,5-11,13H2,1-4H3,(H,17,18,19). The van der Waals surface area contributed by atoms with Gasteiger partial charge in [0, 0.05) is 19.7 Å². The van der Waals surface area contributed by atoms with Crippen LogP contribution in [-0.4, -0.2) is 54.8 Å². The molecule has 0 aromatic carbocycles. The maximum absolute atomic E-state index is 5.61. The van der Waals surface area contributed by atoms with E-state index < -0.39 is 0 Å². The lowest BCUT2D eigenvalue weighted by Crippen LogP contribution is -2.25. The lowest BCUT2D eigenvalue weighted by atomic mass is 10.3. The molecule has 0 spiro atoms. The van der Waals surface area contributed by atoms with Gasteiger partial charge in [0.2, 0.25) is 5.88 Å². The molecule has 0 atom stereocenters. The molecule has 1 heterocycles. The summed E-state index contributed by atoms with van der Waals surface area (Å²) in [7, 11) is 1.64. The first-order valence-electron chi connectivity index (χ1n) is 8.19. The number of hydrogen-bond donors (Lipinski definition) is 1. The molecule has 1 rings (SSSR count). The number of anilines is 1. The van der Waals surface area contributed by atoms with Gasteiger partial charge in [0.25, 0.3) is 0 Å². The second kappa shape index (κ2) is 11.2. The van der Waals surface area contributed by atoms with E-state index in [1.807, 2.05) is 6.07 Å². The fourth-order valence-corrected chi connectivity index (χ4v) is 2.10. The summed E-state index contributed by atoms with van der Waals surface area (Å²) < 4.78 is 10.7. The lowest BCUT2D eigenvalue weighted by molar-refractivity contribution is 0.176. The van der Waals surface area contributed by atoms with Crippen LogP contribution in [0.5, 0.6) is 5.88 Å². The van der Waals surface area contributed by atoms with E-state index in [-0.39, 0.29) is 0 Å². The topological polar surface area (TPSA) is 59.5 Å². The molecule has 126 valence electrons. The highest BCUT2D eigenvalue weighted by Crippen LogP contribution is 2.14. The van der Waals surface area contributed by atoms with Crippen molar-refractivity contribution in [2.75, 3.05) is 45.2 Å². The molecule has 0 saturated carbocycles. The Kier molecular flexibility index (Phi) is 9.50. The Balaban J connectivity index is 2.54. The summed E-state index contributed by atoms with van der Waals surface area (Å²) in [6.45, 7) is 11.7. The minimum absolute atomic E-state index is 0.386. The third-order valence-corrected chi connectivity index (χ3v) is 3.33. The fourth-order valence-electron chi connectivity index (χ4n) is 2.10. The third-order valence-electron chi connectivity index (χ3n) is 3.33. The summed E-state index contributed by atoms with van der Waals surface area (Å²) in [5, 5.41) is 3.35. The fraction of sp³-hybridized carbons (Fsp3) is 0.750. The van der Waals surface area contributed by atoms with Crippen molar-refractivity contribution in [1.29, 1.82) is 0 Å². The van der Waals surface area contributed by atoms with Crippen molar-refractivity contribution in [3.05, 3.63) is 11.9 Å². The number of aromatic nitrogens is 2. The number of nitrogens with zero attached hydrogens (tertiary/aromatic N) is 3. The molecule has 0 fully saturated rings. The molecule has 0 aliphatic rings. The Morgan fingerprint density at radius 2 is 1.95 bits per heavy atom. The molecule has 0 radical (unpaired) electrons. The van der Waals surface area contributed by atoms with Gasteiger partial charge in [0.05, 0.1) is 6.61 Å². The first-order chi connectivity index (χ1) is 10.7. The number of nitrogens with one attached hydrogen (secondary N) is 1. The Bertz CT molecular complexity index is 411. The van der Waals surface area contributed by atoms with Crippen LogP contribution in [0.25, 0.3) is 0 Å². The van der Waals surface area contributed by atoms with Gasteiger partial charge >= 0.3 is 0 Å². The van der Waals surface area contributed by atoms with Crippen molar-refractivity contribution in [2.24, 2.45) is 0 Å². The summed E-state index contributed by atoms with van der Waals surface area (Å²) in [5.41, 5.74) is 0. The van der Waals surface area contributed by atoms with E-state index >= 15 is 0 Å². The minimum Gasteiger partial charge on any atom is -0.478 e. The van der Waals surface area contributed by atoms with E-state index in [9.17, 15) is 0 Å². The minimum atomic E-state index is 0.386. The third kappa shape index (κ3) is 7.04. The SMILES string of the molecule is CCCOc1cc(NCCCN(CC)CC)nc(COC)n1. The van der Waals surface area contributed by atoms with Gasteiger partial charge in [-0.05, 0) is 32.5 Å². The van der Waals surface area contributed by atoms with Crippen LogP contribution in [0.1, 0.15) is 39.4 Å². The van der Waals surface area contributed by atoms with E-state index in [1.54, 1.807) is 7.11 Å². The molecule has 0 aliphatic heterocycles. The summed E-state index contributed by atoms with van der Waals surface area (Å²) >= 11 is 0. The van der Waals surface area contributed by atoms with Gasteiger partial charge in [-0.15, -0.1) is 0 Å². The van der Waals surface area contributed by atoms with Gasteiger partial charge in [-0.3, -0.25) is 0 Å². The van der Waals surface area contributed by atoms with Gasteiger partial charge in [-0.2, -0.15) is 4.98 Å². The highest BCUT2D eigenvalue weighted by atomic mass is 16.5. The Morgan fingerprint density at radius 1 is 1.18 bits per heavy atom. The van der Waals surface area contributed by atoms with Gasteiger partial charge in [-0.1, -0.05) is 20.8 Å². The summed E-state index contributed by atoms with van der Waals surface area (Å²) in [6.07, 6.45) is 2.03. The number of rotatable bonds is 12.